The van der Waals surface area contributed by atoms with Crippen molar-refractivity contribution in [2.24, 2.45) is 0 Å². The van der Waals surface area contributed by atoms with Crippen molar-refractivity contribution in [3.05, 3.63) is 40.8 Å². The average Bonchev–Trinajstić information content (AvgIpc) is 3.14. The summed E-state index contributed by atoms with van der Waals surface area (Å²) in [5.74, 6) is 2.31. The lowest BCUT2D eigenvalue weighted by molar-refractivity contribution is 0.174. The van der Waals surface area contributed by atoms with Crippen LogP contribution in [0, 0.1) is 0 Å². The van der Waals surface area contributed by atoms with Gasteiger partial charge in [-0.25, -0.2) is 0 Å². The minimum Gasteiger partial charge on any atom is -0.496 e. The SMILES string of the molecule is COc1cc(OC)c2c(=O)c(-c3ccc4c(c3)OCO4)coc2c1OC. The molecule has 0 unspecified atom stereocenters. The quantitative estimate of drug-likeness (QED) is 0.710. The van der Waals surface area contributed by atoms with Gasteiger partial charge in [0.2, 0.25) is 18.0 Å². The maximum absolute atomic E-state index is 13.2. The topological polar surface area (TPSA) is 76.4 Å². The number of rotatable bonds is 4. The van der Waals surface area contributed by atoms with Crippen LogP contribution in [-0.2, 0) is 0 Å². The van der Waals surface area contributed by atoms with E-state index in [0.717, 1.165) is 0 Å². The van der Waals surface area contributed by atoms with Crippen LogP contribution in [-0.4, -0.2) is 28.1 Å². The summed E-state index contributed by atoms with van der Waals surface area (Å²) < 4.78 is 32.5. The first-order valence-corrected chi connectivity index (χ1v) is 7.82. The van der Waals surface area contributed by atoms with E-state index in [1.165, 1.54) is 27.6 Å². The van der Waals surface area contributed by atoms with E-state index in [1.54, 1.807) is 24.3 Å². The zero-order valence-electron chi connectivity index (χ0n) is 14.5. The number of benzene rings is 2. The Morgan fingerprint density at radius 1 is 0.923 bits per heavy atom. The van der Waals surface area contributed by atoms with E-state index >= 15 is 0 Å². The van der Waals surface area contributed by atoms with Crippen LogP contribution in [0.3, 0.4) is 0 Å². The van der Waals surface area contributed by atoms with E-state index in [1.807, 2.05) is 0 Å². The van der Waals surface area contributed by atoms with Gasteiger partial charge in [-0.2, -0.15) is 0 Å². The lowest BCUT2D eigenvalue weighted by atomic mass is 10.0. The van der Waals surface area contributed by atoms with Gasteiger partial charge in [0, 0.05) is 6.07 Å². The molecule has 1 aliphatic heterocycles. The Morgan fingerprint density at radius 3 is 2.42 bits per heavy atom. The van der Waals surface area contributed by atoms with E-state index in [2.05, 4.69) is 0 Å². The maximum Gasteiger partial charge on any atom is 0.231 e. The minimum absolute atomic E-state index is 0.163. The molecule has 3 aromatic rings. The molecule has 1 aromatic heterocycles. The fourth-order valence-electron chi connectivity index (χ4n) is 3.00. The predicted molar refractivity (Wildman–Crippen MR) is 93.7 cm³/mol. The van der Waals surface area contributed by atoms with Gasteiger partial charge in [0.15, 0.2) is 22.8 Å². The smallest absolute Gasteiger partial charge is 0.231 e. The molecule has 0 aliphatic carbocycles. The molecule has 0 radical (unpaired) electrons. The molecule has 0 amide bonds. The molecule has 26 heavy (non-hydrogen) atoms. The monoisotopic (exact) mass is 356 g/mol. The Hall–Kier alpha value is -3.35. The third kappa shape index (κ3) is 2.32. The van der Waals surface area contributed by atoms with E-state index < -0.39 is 0 Å². The molecule has 0 N–H and O–H groups in total. The number of hydrogen-bond acceptors (Lipinski definition) is 7. The largest absolute Gasteiger partial charge is 0.496 e. The third-order valence-electron chi connectivity index (χ3n) is 4.26. The van der Waals surface area contributed by atoms with Crippen LogP contribution in [0.1, 0.15) is 0 Å². The Kier molecular flexibility index (Phi) is 3.84. The highest BCUT2D eigenvalue weighted by Gasteiger charge is 2.22. The number of ether oxygens (including phenoxy) is 5. The second-order valence-electron chi connectivity index (χ2n) is 5.57. The van der Waals surface area contributed by atoms with Gasteiger partial charge in [0.05, 0.1) is 26.9 Å². The van der Waals surface area contributed by atoms with Gasteiger partial charge in [-0.1, -0.05) is 6.07 Å². The van der Waals surface area contributed by atoms with Gasteiger partial charge in [-0.15, -0.1) is 0 Å². The highest BCUT2D eigenvalue weighted by Crippen LogP contribution is 2.41. The number of methoxy groups -OCH3 is 3. The van der Waals surface area contributed by atoms with Crippen LogP contribution in [0.15, 0.2) is 39.7 Å². The predicted octanol–water partition coefficient (Wildman–Crippen LogP) is 3.21. The Labute approximate surface area is 148 Å². The van der Waals surface area contributed by atoms with Crippen LogP contribution in [0.5, 0.6) is 28.7 Å². The van der Waals surface area contributed by atoms with Crippen molar-refractivity contribution in [2.45, 2.75) is 0 Å². The normalized spacial score (nSPS) is 12.3. The van der Waals surface area contributed by atoms with E-state index in [0.29, 0.717) is 39.9 Å². The molecule has 7 nitrogen and oxygen atoms in total. The van der Waals surface area contributed by atoms with E-state index in [4.69, 9.17) is 28.1 Å². The molecular formula is C19H16O7. The summed E-state index contributed by atoms with van der Waals surface area (Å²) in [5, 5.41) is 0.278. The molecule has 0 fully saturated rings. The minimum atomic E-state index is -0.247. The van der Waals surface area contributed by atoms with Crippen LogP contribution >= 0.6 is 0 Å². The van der Waals surface area contributed by atoms with Crippen molar-refractivity contribution in [3.8, 4) is 39.9 Å². The van der Waals surface area contributed by atoms with Crippen molar-refractivity contribution in [1.82, 2.24) is 0 Å². The number of hydrogen-bond donors (Lipinski definition) is 0. The summed E-state index contributed by atoms with van der Waals surface area (Å²) in [4.78, 5) is 13.2. The summed E-state index contributed by atoms with van der Waals surface area (Å²) in [6.07, 6.45) is 1.39. The molecule has 2 heterocycles. The van der Waals surface area contributed by atoms with Crippen molar-refractivity contribution < 1.29 is 28.1 Å². The Morgan fingerprint density at radius 2 is 1.69 bits per heavy atom. The molecule has 4 rings (SSSR count). The number of fused-ring (bicyclic) bond motifs is 2. The molecule has 0 saturated carbocycles. The first-order valence-electron chi connectivity index (χ1n) is 7.82. The summed E-state index contributed by atoms with van der Waals surface area (Å²) in [6.45, 7) is 0.163. The maximum atomic E-state index is 13.2. The van der Waals surface area contributed by atoms with Crippen molar-refractivity contribution >= 4 is 11.0 Å². The van der Waals surface area contributed by atoms with Crippen LogP contribution < -0.4 is 29.1 Å². The van der Waals surface area contributed by atoms with E-state index in [-0.39, 0.29) is 23.2 Å². The molecule has 0 spiro atoms. The average molecular weight is 356 g/mol. The first-order chi connectivity index (χ1) is 12.7. The van der Waals surface area contributed by atoms with Crippen LogP contribution in [0.2, 0.25) is 0 Å². The Balaban J connectivity index is 1.99. The van der Waals surface area contributed by atoms with Gasteiger partial charge in [0.25, 0.3) is 0 Å². The summed E-state index contributed by atoms with van der Waals surface area (Å²) in [6, 6.07) is 6.88. The lowest BCUT2D eigenvalue weighted by Crippen LogP contribution is -2.08. The molecule has 0 saturated heterocycles. The summed E-state index contributed by atoms with van der Waals surface area (Å²) in [7, 11) is 4.46. The molecule has 134 valence electrons. The van der Waals surface area contributed by atoms with Crippen LogP contribution in [0.4, 0.5) is 0 Å². The fraction of sp³-hybridized carbons (Fsp3) is 0.211. The highest BCUT2D eigenvalue weighted by molar-refractivity contribution is 5.93. The van der Waals surface area contributed by atoms with Gasteiger partial charge in [-0.3, -0.25) is 4.79 Å². The fourth-order valence-corrected chi connectivity index (χ4v) is 3.00. The van der Waals surface area contributed by atoms with Gasteiger partial charge < -0.3 is 28.1 Å². The van der Waals surface area contributed by atoms with Crippen LogP contribution in [0.25, 0.3) is 22.1 Å². The third-order valence-corrected chi connectivity index (χ3v) is 4.26. The molecule has 2 aromatic carbocycles. The van der Waals surface area contributed by atoms with Crippen molar-refractivity contribution in [1.29, 1.82) is 0 Å². The summed E-state index contributed by atoms with van der Waals surface area (Å²) in [5.41, 5.74) is 1.05. The Bertz CT molecular complexity index is 1050. The molecular weight excluding hydrogens is 340 g/mol. The van der Waals surface area contributed by atoms with Crippen molar-refractivity contribution in [3.63, 3.8) is 0 Å². The first kappa shape index (κ1) is 16.1. The van der Waals surface area contributed by atoms with Gasteiger partial charge in [0.1, 0.15) is 17.4 Å². The second kappa shape index (κ2) is 6.18. The zero-order valence-corrected chi connectivity index (χ0v) is 14.5. The zero-order chi connectivity index (χ0) is 18.3. The van der Waals surface area contributed by atoms with Gasteiger partial charge >= 0.3 is 0 Å². The molecule has 0 bridgehead atoms. The van der Waals surface area contributed by atoms with Gasteiger partial charge in [-0.05, 0) is 17.7 Å². The molecule has 0 atom stereocenters. The van der Waals surface area contributed by atoms with Crippen molar-refractivity contribution in [2.75, 3.05) is 28.1 Å². The lowest BCUT2D eigenvalue weighted by Gasteiger charge is -2.13. The molecule has 7 heteroatoms. The standard InChI is InChI=1S/C19H16O7/c1-21-14-7-15(22-2)18(23-3)19-16(14)17(20)11(8-24-19)10-4-5-12-13(6-10)26-9-25-12/h4-8H,9H2,1-3H3. The van der Waals surface area contributed by atoms with E-state index in [9.17, 15) is 4.79 Å². The second-order valence-corrected chi connectivity index (χ2v) is 5.57. The molecule has 1 aliphatic rings. The highest BCUT2D eigenvalue weighted by atomic mass is 16.7. The summed E-state index contributed by atoms with van der Waals surface area (Å²) >= 11 is 0.